The summed E-state index contributed by atoms with van der Waals surface area (Å²) in [6.07, 6.45) is -3.77. The van der Waals surface area contributed by atoms with E-state index in [-0.39, 0.29) is 11.3 Å². The zero-order valence-electron chi connectivity index (χ0n) is 15.9. The highest BCUT2D eigenvalue weighted by Crippen LogP contribution is 2.36. The number of nitrogens with one attached hydrogen (secondary N) is 2. The Kier molecular flexibility index (Phi) is 6.18. The highest BCUT2D eigenvalue weighted by molar-refractivity contribution is 6.04. The van der Waals surface area contributed by atoms with E-state index < -0.39 is 52.3 Å². The molecule has 0 unspecified atom stereocenters. The predicted octanol–water partition coefficient (Wildman–Crippen LogP) is 3.84. The van der Waals surface area contributed by atoms with Crippen molar-refractivity contribution in [1.29, 1.82) is 0 Å². The summed E-state index contributed by atoms with van der Waals surface area (Å²) in [5.74, 6) is -3.24. The lowest BCUT2D eigenvalue weighted by atomic mass is 10.1. The molecule has 2 amide bonds. The van der Waals surface area contributed by atoms with Gasteiger partial charge in [-0.25, -0.2) is 4.39 Å². The quantitative estimate of drug-likeness (QED) is 0.335. The second-order valence-electron chi connectivity index (χ2n) is 6.37. The van der Waals surface area contributed by atoms with E-state index in [9.17, 15) is 37.3 Å². The molecule has 0 radical (unpaired) electrons. The molecule has 0 fully saturated rings. The van der Waals surface area contributed by atoms with Gasteiger partial charge in [-0.15, -0.1) is 0 Å². The summed E-state index contributed by atoms with van der Waals surface area (Å²) in [4.78, 5) is 34.1. The number of nitro groups is 1. The molecule has 0 atom stereocenters. The maximum atomic E-state index is 13.7. The number of hydrogen-bond acceptors (Lipinski definition) is 5. The summed E-state index contributed by atoms with van der Waals surface area (Å²) in [5.41, 5.74) is -2.49. The minimum Gasteiger partial charge on any atom is -0.358 e. The molecule has 13 heteroatoms. The first-order valence-electron chi connectivity index (χ1n) is 8.79. The number of carbonyl (C=O) groups is 2. The molecule has 1 aromatic heterocycles. The van der Waals surface area contributed by atoms with Crippen LogP contribution in [0.15, 0.2) is 54.7 Å². The van der Waals surface area contributed by atoms with Crippen LogP contribution in [0.1, 0.15) is 15.9 Å². The van der Waals surface area contributed by atoms with E-state index >= 15 is 0 Å². The van der Waals surface area contributed by atoms with Crippen LogP contribution in [0.4, 0.5) is 34.8 Å². The first-order chi connectivity index (χ1) is 15.0. The number of hydrogen-bond donors (Lipinski definition) is 2. The van der Waals surface area contributed by atoms with E-state index in [1.54, 1.807) is 0 Å². The number of benzene rings is 2. The van der Waals surface area contributed by atoms with Crippen molar-refractivity contribution in [2.45, 2.75) is 12.7 Å². The van der Waals surface area contributed by atoms with Gasteiger partial charge in [-0.05, 0) is 35.3 Å². The lowest BCUT2D eigenvalue weighted by Gasteiger charge is -2.16. The number of amides is 2. The van der Waals surface area contributed by atoms with E-state index in [2.05, 4.69) is 15.7 Å². The number of anilines is 2. The first-order valence-corrected chi connectivity index (χ1v) is 8.79. The van der Waals surface area contributed by atoms with Gasteiger partial charge in [-0.3, -0.25) is 9.59 Å². The Bertz CT molecular complexity index is 1190. The molecule has 0 aliphatic heterocycles. The van der Waals surface area contributed by atoms with Gasteiger partial charge in [0.05, 0.1) is 34.2 Å². The van der Waals surface area contributed by atoms with Crippen LogP contribution in [-0.2, 0) is 17.5 Å². The molecule has 0 aliphatic carbocycles. The first kappa shape index (κ1) is 22.4. The third kappa shape index (κ3) is 5.24. The number of halogens is 4. The zero-order valence-corrected chi connectivity index (χ0v) is 15.9. The van der Waals surface area contributed by atoms with E-state index in [0.717, 1.165) is 35.1 Å². The number of rotatable bonds is 6. The second-order valence-corrected chi connectivity index (χ2v) is 6.37. The van der Waals surface area contributed by atoms with Crippen molar-refractivity contribution in [3.63, 3.8) is 0 Å². The lowest BCUT2D eigenvalue weighted by Crippen LogP contribution is -2.22. The second kappa shape index (κ2) is 8.83. The molecular formula is C19H13F4N5O4. The molecule has 2 N–H and O–H groups in total. The van der Waals surface area contributed by atoms with Crippen LogP contribution < -0.4 is 10.6 Å². The van der Waals surface area contributed by atoms with Gasteiger partial charge in [-0.2, -0.15) is 17.9 Å². The van der Waals surface area contributed by atoms with Crippen LogP contribution in [0.5, 0.6) is 0 Å². The molecule has 1 heterocycles. The molecule has 166 valence electrons. The summed E-state index contributed by atoms with van der Waals surface area (Å²) in [5, 5.41) is 18.4. The normalized spacial score (nSPS) is 11.1. The molecule has 2 aromatic carbocycles. The fourth-order valence-corrected chi connectivity index (χ4v) is 2.68. The molecule has 0 bridgehead atoms. The van der Waals surface area contributed by atoms with Gasteiger partial charge >= 0.3 is 12.0 Å². The minimum absolute atomic E-state index is 0.272. The van der Waals surface area contributed by atoms with Crippen molar-refractivity contribution in [1.82, 2.24) is 9.78 Å². The topological polar surface area (TPSA) is 119 Å². The van der Waals surface area contributed by atoms with Gasteiger partial charge in [0.25, 0.3) is 5.91 Å². The molecule has 3 aromatic rings. The maximum Gasteiger partial charge on any atom is 0.418 e. The molecule has 0 saturated carbocycles. The SMILES string of the molecule is O=C(Cn1ccc([N+](=O)[O-])n1)Nc1ccc(NC(=O)c2ccccc2F)cc1C(F)(F)F. The highest BCUT2D eigenvalue weighted by Gasteiger charge is 2.34. The van der Waals surface area contributed by atoms with Gasteiger partial charge in [0.2, 0.25) is 5.91 Å². The van der Waals surface area contributed by atoms with Gasteiger partial charge in [0.1, 0.15) is 12.4 Å². The summed E-state index contributed by atoms with van der Waals surface area (Å²) >= 11 is 0. The summed E-state index contributed by atoms with van der Waals surface area (Å²) in [7, 11) is 0. The smallest absolute Gasteiger partial charge is 0.358 e. The summed E-state index contributed by atoms with van der Waals surface area (Å²) < 4.78 is 55.1. The molecule has 0 aliphatic rings. The van der Waals surface area contributed by atoms with Crippen molar-refractivity contribution in [3.8, 4) is 0 Å². The van der Waals surface area contributed by atoms with E-state index in [4.69, 9.17) is 0 Å². The van der Waals surface area contributed by atoms with Gasteiger partial charge in [-0.1, -0.05) is 12.1 Å². The fraction of sp³-hybridized carbons (Fsp3) is 0.105. The number of alkyl halides is 3. The van der Waals surface area contributed by atoms with Gasteiger partial charge in [0.15, 0.2) is 0 Å². The van der Waals surface area contributed by atoms with Crippen LogP contribution in [0, 0.1) is 15.9 Å². The largest absolute Gasteiger partial charge is 0.418 e. The molecule has 32 heavy (non-hydrogen) atoms. The van der Waals surface area contributed by atoms with Crippen molar-refractivity contribution in [2.24, 2.45) is 0 Å². The maximum absolute atomic E-state index is 13.7. The van der Waals surface area contributed by atoms with Gasteiger partial charge in [0, 0.05) is 5.69 Å². The van der Waals surface area contributed by atoms with E-state index in [1.165, 1.54) is 18.2 Å². The standard InChI is InChI=1S/C19H13F4N5O4/c20-14-4-2-1-3-12(14)18(30)24-11-5-6-15(13(9-11)19(21,22)23)25-17(29)10-27-8-7-16(26-27)28(31)32/h1-9H,10H2,(H,24,30)(H,25,29). The van der Waals surface area contributed by atoms with Crippen molar-refractivity contribution >= 4 is 29.0 Å². The molecular weight excluding hydrogens is 438 g/mol. The summed E-state index contributed by atoms with van der Waals surface area (Å²) in [6.45, 7) is -0.573. The monoisotopic (exact) mass is 451 g/mol. The average molecular weight is 451 g/mol. The molecule has 3 rings (SSSR count). The molecule has 0 saturated heterocycles. The third-order valence-corrected chi connectivity index (χ3v) is 4.09. The van der Waals surface area contributed by atoms with Crippen LogP contribution in [-0.4, -0.2) is 26.5 Å². The highest BCUT2D eigenvalue weighted by atomic mass is 19.4. The van der Waals surface area contributed by atoms with Crippen LogP contribution in [0.25, 0.3) is 0 Å². The Morgan fingerprint density at radius 1 is 1.09 bits per heavy atom. The lowest BCUT2D eigenvalue weighted by molar-refractivity contribution is -0.389. The van der Waals surface area contributed by atoms with E-state index in [1.807, 2.05) is 0 Å². The number of aromatic nitrogens is 2. The van der Waals surface area contributed by atoms with Crippen molar-refractivity contribution in [3.05, 3.63) is 81.8 Å². The van der Waals surface area contributed by atoms with E-state index in [0.29, 0.717) is 6.07 Å². The Morgan fingerprint density at radius 2 is 1.81 bits per heavy atom. The third-order valence-electron chi connectivity index (χ3n) is 4.09. The minimum atomic E-state index is -4.90. The number of nitrogens with zero attached hydrogens (tertiary/aromatic N) is 3. The van der Waals surface area contributed by atoms with Gasteiger partial charge < -0.3 is 20.7 Å². The fourth-order valence-electron chi connectivity index (χ4n) is 2.68. The van der Waals surface area contributed by atoms with Crippen LogP contribution in [0.2, 0.25) is 0 Å². The van der Waals surface area contributed by atoms with Crippen LogP contribution >= 0.6 is 0 Å². The summed E-state index contributed by atoms with van der Waals surface area (Å²) in [6, 6.07) is 8.59. The Labute approximate surface area is 176 Å². The molecule has 9 nitrogen and oxygen atoms in total. The zero-order chi connectivity index (χ0) is 23.5. The number of carbonyl (C=O) groups excluding carboxylic acids is 2. The Balaban J connectivity index is 1.79. The van der Waals surface area contributed by atoms with Crippen LogP contribution in [0.3, 0.4) is 0 Å². The molecule has 0 spiro atoms. The van der Waals surface area contributed by atoms with Crippen molar-refractivity contribution < 1.29 is 32.1 Å². The Morgan fingerprint density at radius 3 is 2.44 bits per heavy atom. The Hall–Kier alpha value is -4.29. The average Bonchev–Trinajstić information content (AvgIpc) is 3.17. The predicted molar refractivity (Wildman–Crippen MR) is 103 cm³/mol. The van der Waals surface area contributed by atoms with Crippen molar-refractivity contribution in [2.75, 3.05) is 10.6 Å².